The van der Waals surface area contributed by atoms with E-state index in [1.165, 1.54) is 0 Å². The van der Waals surface area contributed by atoms with Gasteiger partial charge in [0.05, 0.1) is 22.8 Å². The highest BCUT2D eigenvalue weighted by atomic mass is 32.1. The first kappa shape index (κ1) is 13.0. The van der Waals surface area contributed by atoms with Gasteiger partial charge in [-0.1, -0.05) is 0 Å². The molecule has 1 aromatic rings. The van der Waals surface area contributed by atoms with Crippen LogP contribution in [0.25, 0.3) is 0 Å². The highest BCUT2D eigenvalue weighted by Gasteiger charge is 2.45. The van der Waals surface area contributed by atoms with Gasteiger partial charge in [-0.15, -0.1) is 11.3 Å². The van der Waals surface area contributed by atoms with Gasteiger partial charge in [0.25, 0.3) is 0 Å². The van der Waals surface area contributed by atoms with E-state index in [-0.39, 0.29) is 11.9 Å². The molecule has 4 nitrogen and oxygen atoms in total. The Kier molecular flexibility index (Phi) is 3.40. The van der Waals surface area contributed by atoms with Gasteiger partial charge in [-0.3, -0.25) is 4.79 Å². The van der Waals surface area contributed by atoms with Gasteiger partial charge in [-0.05, 0) is 40.0 Å². The summed E-state index contributed by atoms with van der Waals surface area (Å²) in [6, 6.07) is 2.09. The van der Waals surface area contributed by atoms with Crippen LogP contribution >= 0.6 is 11.3 Å². The summed E-state index contributed by atoms with van der Waals surface area (Å²) in [4.78, 5) is 17.6. The van der Waals surface area contributed by atoms with E-state index in [4.69, 9.17) is 5.26 Å². The molecular formula is C13H17N3OS. The molecule has 1 unspecified atom stereocenters. The van der Waals surface area contributed by atoms with Crippen molar-refractivity contribution < 1.29 is 4.79 Å². The van der Waals surface area contributed by atoms with Gasteiger partial charge in [-0.2, -0.15) is 5.26 Å². The first-order valence-corrected chi connectivity index (χ1v) is 6.96. The van der Waals surface area contributed by atoms with Gasteiger partial charge < -0.3 is 5.32 Å². The number of nitriles is 1. The maximum atomic E-state index is 12.1. The quantitative estimate of drug-likeness (QED) is 0.911. The second-order valence-electron chi connectivity index (χ2n) is 4.93. The van der Waals surface area contributed by atoms with Crippen LogP contribution in [0.2, 0.25) is 0 Å². The van der Waals surface area contributed by atoms with E-state index in [0.29, 0.717) is 12.8 Å². The number of amides is 1. The summed E-state index contributed by atoms with van der Waals surface area (Å²) in [5.74, 6) is -0.130. The van der Waals surface area contributed by atoms with Crippen molar-refractivity contribution >= 4 is 17.2 Å². The minimum Gasteiger partial charge on any atom is -0.347 e. The van der Waals surface area contributed by atoms with Crippen LogP contribution in [0.1, 0.15) is 47.8 Å². The lowest BCUT2D eigenvalue weighted by Crippen LogP contribution is -2.45. The number of carbonyl (C=O) groups is 1. The van der Waals surface area contributed by atoms with Crippen LogP contribution in [-0.4, -0.2) is 10.9 Å². The number of aromatic nitrogens is 1. The zero-order chi connectivity index (χ0) is 13.3. The van der Waals surface area contributed by atoms with E-state index in [2.05, 4.69) is 16.4 Å². The average Bonchev–Trinajstić information content (AvgIpc) is 2.57. The summed E-state index contributed by atoms with van der Waals surface area (Å²) in [7, 11) is 0. The van der Waals surface area contributed by atoms with Crippen molar-refractivity contribution in [2.24, 2.45) is 5.41 Å². The summed E-state index contributed by atoms with van der Waals surface area (Å²) < 4.78 is 0. The maximum absolute atomic E-state index is 12.1. The van der Waals surface area contributed by atoms with Crippen molar-refractivity contribution in [2.75, 3.05) is 0 Å². The first-order valence-electron chi connectivity index (χ1n) is 6.15. The van der Waals surface area contributed by atoms with Gasteiger partial charge in [-0.25, -0.2) is 4.98 Å². The number of hydrogen-bond acceptors (Lipinski definition) is 4. The van der Waals surface area contributed by atoms with Gasteiger partial charge in [0.15, 0.2) is 0 Å². The summed E-state index contributed by atoms with van der Waals surface area (Å²) in [6.45, 7) is 5.85. The number of nitrogens with one attached hydrogen (secondary N) is 1. The number of hydrogen-bond donors (Lipinski definition) is 1. The molecule has 5 heteroatoms. The topological polar surface area (TPSA) is 65.8 Å². The number of thiazole rings is 1. The number of rotatable bonds is 3. The Hall–Kier alpha value is -1.41. The summed E-state index contributed by atoms with van der Waals surface area (Å²) >= 11 is 1.60. The smallest absolute Gasteiger partial charge is 0.240 e. The molecule has 1 atom stereocenters. The van der Waals surface area contributed by atoms with E-state index >= 15 is 0 Å². The zero-order valence-corrected chi connectivity index (χ0v) is 11.7. The summed E-state index contributed by atoms with van der Waals surface area (Å²) in [5, 5.41) is 13.1. The molecule has 96 valence electrons. The van der Waals surface area contributed by atoms with Gasteiger partial charge >= 0.3 is 0 Å². The Morgan fingerprint density at radius 1 is 1.56 bits per heavy atom. The number of nitrogens with zero attached hydrogens (tertiary/aromatic N) is 2. The summed E-state index contributed by atoms with van der Waals surface area (Å²) in [5.41, 5.74) is 0.187. The Balaban J connectivity index is 2.08. The molecule has 1 fully saturated rings. The van der Waals surface area contributed by atoms with Crippen LogP contribution in [0.5, 0.6) is 0 Å². The third-order valence-electron chi connectivity index (χ3n) is 3.54. The molecular weight excluding hydrogens is 246 g/mol. The molecule has 18 heavy (non-hydrogen) atoms. The lowest BCUT2D eigenvalue weighted by atomic mass is 9.69. The average molecular weight is 263 g/mol. The van der Waals surface area contributed by atoms with Crippen molar-refractivity contribution in [3.05, 3.63) is 15.6 Å². The van der Waals surface area contributed by atoms with Gasteiger partial charge in [0.2, 0.25) is 5.91 Å². The number of aryl methyl sites for hydroxylation is 2. The van der Waals surface area contributed by atoms with Crippen LogP contribution in [0.3, 0.4) is 0 Å². The van der Waals surface area contributed by atoms with Crippen LogP contribution < -0.4 is 5.32 Å². The van der Waals surface area contributed by atoms with Crippen LogP contribution in [-0.2, 0) is 4.79 Å². The second kappa shape index (κ2) is 4.69. The second-order valence-corrected chi connectivity index (χ2v) is 6.16. The third-order valence-corrected chi connectivity index (χ3v) is 4.79. The Morgan fingerprint density at radius 3 is 2.61 bits per heavy atom. The molecule has 1 amide bonds. The lowest BCUT2D eigenvalue weighted by Gasteiger charge is -2.34. The monoisotopic (exact) mass is 263 g/mol. The van der Waals surface area contributed by atoms with Crippen LogP contribution in [0.4, 0.5) is 0 Å². The van der Waals surface area contributed by atoms with E-state index in [1.54, 1.807) is 11.3 Å². The zero-order valence-electron chi connectivity index (χ0n) is 10.9. The summed E-state index contributed by atoms with van der Waals surface area (Å²) in [6.07, 6.45) is 2.33. The lowest BCUT2D eigenvalue weighted by molar-refractivity contribution is -0.132. The Morgan fingerprint density at radius 2 is 2.22 bits per heavy atom. The molecule has 1 heterocycles. The molecule has 1 aliphatic carbocycles. The highest BCUT2D eigenvalue weighted by molar-refractivity contribution is 7.11. The molecule has 1 N–H and O–H groups in total. The Labute approximate surface area is 111 Å². The molecule has 0 spiro atoms. The SMILES string of the molecule is Cc1nc(C)c(C(C)NC(=O)C2(C#N)CCC2)s1. The highest BCUT2D eigenvalue weighted by Crippen LogP contribution is 2.41. The molecule has 0 aliphatic heterocycles. The van der Waals surface area contributed by atoms with Crippen molar-refractivity contribution in [1.29, 1.82) is 5.26 Å². The van der Waals surface area contributed by atoms with Crippen LogP contribution in [0.15, 0.2) is 0 Å². The van der Waals surface area contributed by atoms with E-state index in [0.717, 1.165) is 22.0 Å². The van der Waals surface area contributed by atoms with Crippen LogP contribution in [0, 0.1) is 30.6 Å². The van der Waals surface area contributed by atoms with Crippen molar-refractivity contribution in [3.63, 3.8) is 0 Å². The fourth-order valence-electron chi connectivity index (χ4n) is 2.27. The first-order chi connectivity index (χ1) is 8.48. The van der Waals surface area contributed by atoms with Gasteiger partial charge in [0.1, 0.15) is 5.41 Å². The number of carbonyl (C=O) groups excluding carboxylic acids is 1. The fraction of sp³-hybridized carbons (Fsp3) is 0.615. The molecule has 0 bridgehead atoms. The van der Waals surface area contributed by atoms with Crippen molar-refractivity contribution in [2.45, 2.75) is 46.1 Å². The fourth-order valence-corrected chi connectivity index (χ4v) is 3.20. The maximum Gasteiger partial charge on any atom is 0.240 e. The predicted octanol–water partition coefficient (Wildman–Crippen LogP) is 2.63. The molecule has 2 rings (SSSR count). The normalized spacial score (nSPS) is 18.6. The Bertz CT molecular complexity index is 511. The van der Waals surface area contributed by atoms with Crippen molar-refractivity contribution in [3.8, 4) is 6.07 Å². The molecule has 1 aliphatic rings. The van der Waals surface area contributed by atoms with Crippen molar-refractivity contribution in [1.82, 2.24) is 10.3 Å². The van der Waals surface area contributed by atoms with E-state index in [9.17, 15) is 4.79 Å². The molecule has 1 saturated carbocycles. The van der Waals surface area contributed by atoms with E-state index < -0.39 is 5.41 Å². The molecule has 0 radical (unpaired) electrons. The standard InChI is InChI=1S/C13H17N3OS/c1-8-11(18-10(3)15-8)9(2)16-12(17)13(7-14)5-4-6-13/h9H,4-6H2,1-3H3,(H,16,17). The minimum atomic E-state index is -0.776. The van der Waals surface area contributed by atoms with E-state index in [1.807, 2.05) is 20.8 Å². The predicted molar refractivity (Wildman–Crippen MR) is 70.0 cm³/mol. The largest absolute Gasteiger partial charge is 0.347 e. The molecule has 0 saturated heterocycles. The van der Waals surface area contributed by atoms with Gasteiger partial charge in [0, 0.05) is 4.88 Å². The third kappa shape index (κ3) is 2.13. The minimum absolute atomic E-state index is 0.0745. The molecule has 0 aromatic carbocycles. The molecule has 1 aromatic heterocycles.